The third kappa shape index (κ3) is 1.88. The van der Waals surface area contributed by atoms with Crippen molar-refractivity contribution < 1.29 is 32.8 Å². The van der Waals surface area contributed by atoms with Gasteiger partial charge >= 0.3 is 0 Å². The molecule has 2 aliphatic carbocycles. The Morgan fingerprint density at radius 3 is 2.05 bits per heavy atom. The highest BCUT2D eigenvalue weighted by atomic mass is 32.2. The number of rotatable bonds is 1. The normalized spacial score (nSPS) is 24.7. The van der Waals surface area contributed by atoms with Gasteiger partial charge in [0.2, 0.25) is 0 Å². The van der Waals surface area contributed by atoms with Crippen LogP contribution in [0.2, 0.25) is 0 Å². The molecule has 3 rings (SSSR count). The summed E-state index contributed by atoms with van der Waals surface area (Å²) >= 11 is 0. The van der Waals surface area contributed by atoms with Gasteiger partial charge in [-0.05, 0) is 6.08 Å². The summed E-state index contributed by atoms with van der Waals surface area (Å²) in [4.78, 5) is 23.9. The van der Waals surface area contributed by atoms with Crippen LogP contribution in [-0.4, -0.2) is 34.8 Å². The molecule has 7 nitrogen and oxygen atoms in total. The summed E-state index contributed by atoms with van der Waals surface area (Å²) in [5, 5.41) is 19.7. The number of carbonyl (C=O) groups excluding carboxylic acids is 2. The average Bonchev–Trinajstić information content (AvgIpc) is 2.46. The van der Waals surface area contributed by atoms with Gasteiger partial charge in [-0.1, -0.05) is 24.3 Å². The molecule has 2 aliphatic rings. The molecule has 3 N–H and O–H groups in total. The Bertz CT molecular complexity index is 876. The molecule has 1 aromatic carbocycles. The average molecular weight is 322 g/mol. The maximum Gasteiger partial charge on any atom is 0.298 e. The van der Waals surface area contributed by atoms with Crippen molar-refractivity contribution >= 4 is 21.7 Å². The fourth-order valence-electron chi connectivity index (χ4n) is 2.76. The van der Waals surface area contributed by atoms with Crippen LogP contribution in [0.1, 0.15) is 20.7 Å². The largest absolute Gasteiger partial charge is 0.508 e. The third-order valence-electron chi connectivity index (χ3n) is 3.78. The van der Waals surface area contributed by atoms with Crippen molar-refractivity contribution in [1.82, 2.24) is 0 Å². The lowest BCUT2D eigenvalue weighted by molar-refractivity contribution is 0.0746. The van der Waals surface area contributed by atoms with Gasteiger partial charge in [0.25, 0.3) is 10.1 Å². The summed E-state index contributed by atoms with van der Waals surface area (Å²) < 4.78 is 31.5. The monoisotopic (exact) mass is 322 g/mol. The number of allylic oxidation sites excluding steroid dienone is 2. The zero-order chi connectivity index (χ0) is 16.2. The molecule has 8 heteroatoms. The molecular formula is C14H10O7S. The van der Waals surface area contributed by atoms with E-state index in [1.165, 1.54) is 12.1 Å². The van der Waals surface area contributed by atoms with Crippen molar-refractivity contribution in [3.05, 3.63) is 57.9 Å². The number of Topliss-reactive ketones (excluding diaryl/α,β-unsaturated/α-hetero) is 2. The highest BCUT2D eigenvalue weighted by Gasteiger charge is 2.47. The first kappa shape index (κ1) is 14.5. The maximum atomic E-state index is 12.4. The molecule has 1 aromatic rings. The van der Waals surface area contributed by atoms with Gasteiger partial charge in [-0.15, -0.1) is 0 Å². The molecule has 0 saturated heterocycles. The Hall–Kier alpha value is -2.45. The van der Waals surface area contributed by atoms with Crippen molar-refractivity contribution in [3.63, 3.8) is 0 Å². The fraction of sp³-hybridized carbons (Fsp3) is 0.143. The molecule has 0 saturated carbocycles. The van der Waals surface area contributed by atoms with Crippen LogP contribution in [-0.2, 0) is 10.1 Å². The zero-order valence-corrected chi connectivity index (χ0v) is 11.7. The van der Waals surface area contributed by atoms with Crippen LogP contribution in [0.15, 0.2) is 46.8 Å². The van der Waals surface area contributed by atoms with E-state index < -0.39 is 49.9 Å². The van der Waals surface area contributed by atoms with Gasteiger partial charge < -0.3 is 10.2 Å². The number of aliphatic hydroxyl groups excluding tert-OH is 2. The molecule has 114 valence electrons. The first-order chi connectivity index (χ1) is 10.2. The van der Waals surface area contributed by atoms with Crippen molar-refractivity contribution in [2.45, 2.75) is 0 Å². The van der Waals surface area contributed by atoms with Gasteiger partial charge in [0, 0.05) is 11.1 Å². The second-order valence-electron chi connectivity index (χ2n) is 5.02. The molecule has 22 heavy (non-hydrogen) atoms. The fourth-order valence-corrected chi connectivity index (χ4v) is 3.43. The lowest BCUT2D eigenvalue weighted by Gasteiger charge is -2.31. The minimum Gasteiger partial charge on any atom is -0.508 e. The van der Waals surface area contributed by atoms with Gasteiger partial charge in [-0.2, -0.15) is 8.42 Å². The van der Waals surface area contributed by atoms with Crippen molar-refractivity contribution in [2.75, 3.05) is 0 Å². The smallest absolute Gasteiger partial charge is 0.298 e. The molecule has 2 unspecified atom stereocenters. The van der Waals surface area contributed by atoms with E-state index in [9.17, 15) is 28.2 Å². The second kappa shape index (κ2) is 4.52. The number of ketones is 2. The van der Waals surface area contributed by atoms with Gasteiger partial charge in [0.15, 0.2) is 17.3 Å². The van der Waals surface area contributed by atoms with E-state index in [0.29, 0.717) is 0 Å². The SMILES string of the molecule is O=C1c2ccccc2C(=O)C2C(O)=C(O)C(S(=O)(=O)O)=CC12. The lowest BCUT2D eigenvalue weighted by Crippen LogP contribution is -2.39. The highest BCUT2D eigenvalue weighted by Crippen LogP contribution is 2.41. The number of hydrogen-bond donors (Lipinski definition) is 3. The van der Waals surface area contributed by atoms with Gasteiger partial charge in [0.1, 0.15) is 10.7 Å². The summed E-state index contributed by atoms with van der Waals surface area (Å²) in [6.07, 6.45) is 0.797. The predicted octanol–water partition coefficient (Wildman–Crippen LogP) is 1.41. The Morgan fingerprint density at radius 1 is 0.955 bits per heavy atom. The van der Waals surface area contributed by atoms with Crippen LogP contribution >= 0.6 is 0 Å². The van der Waals surface area contributed by atoms with E-state index in [2.05, 4.69) is 0 Å². The summed E-state index contributed by atoms with van der Waals surface area (Å²) in [7, 11) is -4.85. The number of carbonyl (C=O) groups is 2. The molecule has 0 fully saturated rings. The number of hydrogen-bond acceptors (Lipinski definition) is 6. The minimum absolute atomic E-state index is 0.0943. The topological polar surface area (TPSA) is 129 Å². The van der Waals surface area contributed by atoms with E-state index in [4.69, 9.17) is 4.55 Å². The Balaban J connectivity index is 2.26. The van der Waals surface area contributed by atoms with Crippen molar-refractivity contribution in [1.29, 1.82) is 0 Å². The van der Waals surface area contributed by atoms with E-state index in [0.717, 1.165) is 6.08 Å². The van der Waals surface area contributed by atoms with Crippen molar-refractivity contribution in [2.24, 2.45) is 11.8 Å². The predicted molar refractivity (Wildman–Crippen MR) is 74.0 cm³/mol. The van der Waals surface area contributed by atoms with E-state index in [-0.39, 0.29) is 11.1 Å². The first-order valence-electron chi connectivity index (χ1n) is 6.22. The third-order valence-corrected chi connectivity index (χ3v) is 4.67. The summed E-state index contributed by atoms with van der Waals surface area (Å²) in [6, 6.07) is 5.93. The lowest BCUT2D eigenvalue weighted by atomic mass is 9.71. The maximum absolute atomic E-state index is 12.4. The van der Waals surface area contributed by atoms with Crippen LogP contribution in [0.3, 0.4) is 0 Å². The Labute approximate surface area is 125 Å². The molecular weight excluding hydrogens is 312 g/mol. The standard InChI is InChI=1S/C14H10O7S/c15-11-6-3-1-2-4-7(6)12(16)10-8(11)5-9(22(19,20)21)13(17)14(10)18/h1-5,8,10,17-18H,(H,19,20,21). The molecule has 2 atom stereocenters. The number of fused-ring (bicyclic) bond motifs is 2. The van der Waals surface area contributed by atoms with E-state index in [1.807, 2.05) is 0 Å². The molecule has 0 bridgehead atoms. The quantitative estimate of drug-likeness (QED) is 0.667. The van der Waals surface area contributed by atoms with Crippen LogP contribution < -0.4 is 0 Å². The zero-order valence-electron chi connectivity index (χ0n) is 10.9. The van der Waals surface area contributed by atoms with Gasteiger partial charge in [-0.25, -0.2) is 0 Å². The van der Waals surface area contributed by atoms with Crippen LogP contribution in [0.4, 0.5) is 0 Å². The molecule has 0 aliphatic heterocycles. The molecule has 0 aromatic heterocycles. The summed E-state index contributed by atoms with van der Waals surface area (Å²) in [5.41, 5.74) is 0.200. The molecule has 0 radical (unpaired) electrons. The number of aliphatic hydroxyl groups is 2. The van der Waals surface area contributed by atoms with Crippen LogP contribution in [0.25, 0.3) is 0 Å². The van der Waals surface area contributed by atoms with Crippen LogP contribution in [0, 0.1) is 11.8 Å². The van der Waals surface area contributed by atoms with Gasteiger partial charge in [0.05, 0.1) is 11.8 Å². The summed E-state index contributed by atoms with van der Waals surface area (Å²) in [6.45, 7) is 0. The number of benzene rings is 1. The summed E-state index contributed by atoms with van der Waals surface area (Å²) in [5.74, 6) is -5.92. The first-order valence-corrected chi connectivity index (χ1v) is 7.66. The minimum atomic E-state index is -4.85. The Kier molecular flexibility index (Phi) is 2.98. The molecule has 0 amide bonds. The van der Waals surface area contributed by atoms with Gasteiger partial charge in [-0.3, -0.25) is 14.1 Å². The second-order valence-corrected chi connectivity index (χ2v) is 6.41. The van der Waals surface area contributed by atoms with Crippen LogP contribution in [0.5, 0.6) is 0 Å². The van der Waals surface area contributed by atoms with E-state index in [1.54, 1.807) is 12.1 Å². The van der Waals surface area contributed by atoms with Crippen molar-refractivity contribution in [3.8, 4) is 0 Å². The molecule has 0 spiro atoms. The molecule has 0 heterocycles. The highest BCUT2D eigenvalue weighted by molar-refractivity contribution is 7.90. The Morgan fingerprint density at radius 2 is 1.50 bits per heavy atom. The van der Waals surface area contributed by atoms with E-state index >= 15 is 0 Å².